The van der Waals surface area contributed by atoms with Crippen LogP contribution in [0.2, 0.25) is 0 Å². The first-order chi connectivity index (χ1) is 7.99. The highest BCUT2D eigenvalue weighted by molar-refractivity contribution is 5.76. The van der Waals surface area contributed by atoms with E-state index in [-0.39, 0.29) is 24.4 Å². The Kier molecular flexibility index (Phi) is 4.89. The van der Waals surface area contributed by atoms with E-state index in [1.807, 2.05) is 6.92 Å². The van der Waals surface area contributed by atoms with Gasteiger partial charge in [0, 0.05) is 19.0 Å². The molecule has 0 amide bonds. The second kappa shape index (κ2) is 5.97. The minimum Gasteiger partial charge on any atom is -0.469 e. The zero-order valence-corrected chi connectivity index (χ0v) is 10.4. The number of β-amino-alcohol motifs (C(OH)–C–C–N with tert-alkyl or cyclic N) is 1. The van der Waals surface area contributed by atoms with Crippen LogP contribution in [-0.4, -0.2) is 60.9 Å². The van der Waals surface area contributed by atoms with Gasteiger partial charge >= 0.3 is 11.9 Å². The molecule has 1 saturated heterocycles. The third-order valence-corrected chi connectivity index (χ3v) is 3.05. The lowest BCUT2D eigenvalue weighted by molar-refractivity contribution is -0.149. The Bertz CT molecular complexity index is 294. The number of carbonyl (C=O) groups excluding carboxylic acids is 2. The predicted octanol–water partition coefficient (Wildman–Crippen LogP) is -0.454. The Morgan fingerprint density at radius 1 is 1.41 bits per heavy atom. The number of ether oxygens (including phenoxy) is 2. The van der Waals surface area contributed by atoms with E-state index in [2.05, 4.69) is 9.47 Å². The Morgan fingerprint density at radius 3 is 2.59 bits per heavy atom. The van der Waals surface area contributed by atoms with Gasteiger partial charge in [-0.15, -0.1) is 0 Å². The van der Waals surface area contributed by atoms with E-state index in [1.165, 1.54) is 14.2 Å². The fraction of sp³-hybridized carbons (Fsp3) is 0.818. The van der Waals surface area contributed by atoms with Gasteiger partial charge in [-0.3, -0.25) is 14.5 Å². The van der Waals surface area contributed by atoms with Crippen molar-refractivity contribution < 1.29 is 24.2 Å². The van der Waals surface area contributed by atoms with Crippen molar-refractivity contribution in [3.8, 4) is 0 Å². The number of carbonyl (C=O) groups is 2. The molecule has 1 heterocycles. The zero-order chi connectivity index (χ0) is 13.0. The lowest BCUT2D eigenvalue weighted by atomic mass is 10.1. The predicted molar refractivity (Wildman–Crippen MR) is 59.2 cm³/mol. The molecule has 0 saturated carbocycles. The Balaban J connectivity index is 2.66. The summed E-state index contributed by atoms with van der Waals surface area (Å²) < 4.78 is 9.27. The van der Waals surface area contributed by atoms with Gasteiger partial charge < -0.3 is 14.6 Å². The quantitative estimate of drug-likeness (QED) is 0.676. The minimum absolute atomic E-state index is 0.163. The maximum absolute atomic E-state index is 11.5. The Morgan fingerprint density at radius 2 is 2.06 bits per heavy atom. The largest absolute Gasteiger partial charge is 0.469 e. The van der Waals surface area contributed by atoms with Crippen LogP contribution in [0.25, 0.3) is 0 Å². The van der Waals surface area contributed by atoms with E-state index in [9.17, 15) is 14.7 Å². The number of nitrogens with zero attached hydrogens (tertiary/aromatic N) is 1. The average Bonchev–Trinajstić information content (AvgIpc) is 2.70. The second-order valence-electron chi connectivity index (χ2n) is 4.25. The molecule has 17 heavy (non-hydrogen) atoms. The van der Waals surface area contributed by atoms with Crippen LogP contribution in [0.15, 0.2) is 0 Å². The Labute approximate surface area is 100 Å². The lowest BCUT2D eigenvalue weighted by Gasteiger charge is -2.27. The second-order valence-corrected chi connectivity index (χ2v) is 4.25. The van der Waals surface area contributed by atoms with Gasteiger partial charge in [-0.25, -0.2) is 0 Å². The first kappa shape index (κ1) is 13.9. The van der Waals surface area contributed by atoms with Crippen LogP contribution in [0.3, 0.4) is 0 Å². The highest BCUT2D eigenvalue weighted by Gasteiger charge is 2.39. The van der Waals surface area contributed by atoms with Gasteiger partial charge in [-0.05, 0) is 6.92 Å². The monoisotopic (exact) mass is 245 g/mol. The molecule has 6 nitrogen and oxygen atoms in total. The van der Waals surface area contributed by atoms with E-state index in [1.54, 1.807) is 4.90 Å². The van der Waals surface area contributed by atoms with Crippen molar-refractivity contribution in [2.75, 3.05) is 20.8 Å². The van der Waals surface area contributed by atoms with Crippen LogP contribution < -0.4 is 0 Å². The van der Waals surface area contributed by atoms with Gasteiger partial charge in [-0.2, -0.15) is 0 Å². The normalized spacial score (nSPS) is 26.6. The van der Waals surface area contributed by atoms with Crippen molar-refractivity contribution in [3.05, 3.63) is 0 Å². The molecule has 0 bridgehead atoms. The van der Waals surface area contributed by atoms with Crippen LogP contribution in [0, 0.1) is 0 Å². The van der Waals surface area contributed by atoms with Gasteiger partial charge in [0.15, 0.2) is 0 Å². The summed E-state index contributed by atoms with van der Waals surface area (Å²) in [5.41, 5.74) is 0. The first-order valence-electron chi connectivity index (χ1n) is 5.58. The molecule has 0 aliphatic carbocycles. The summed E-state index contributed by atoms with van der Waals surface area (Å²) in [6, 6.07) is -0.640. The number of hydrogen-bond donors (Lipinski definition) is 1. The standard InChI is InChI=1S/C11H19NO5/c1-7(4-10(14)16-2)12-6-8(13)5-9(12)11(15)17-3/h7-9,13H,4-6H2,1-3H3. The van der Waals surface area contributed by atoms with Gasteiger partial charge in [0.05, 0.1) is 26.7 Å². The van der Waals surface area contributed by atoms with Crippen LogP contribution in [0.5, 0.6) is 0 Å². The molecule has 0 spiro atoms. The van der Waals surface area contributed by atoms with Crippen molar-refractivity contribution in [2.24, 2.45) is 0 Å². The van der Waals surface area contributed by atoms with E-state index in [0.29, 0.717) is 13.0 Å². The molecule has 0 aromatic carbocycles. The molecule has 0 radical (unpaired) electrons. The number of aliphatic hydroxyl groups is 1. The molecule has 6 heteroatoms. The molecule has 1 fully saturated rings. The van der Waals surface area contributed by atoms with Crippen molar-refractivity contribution in [1.82, 2.24) is 4.90 Å². The molecular formula is C11H19NO5. The molecule has 0 aromatic rings. The molecule has 1 aliphatic rings. The zero-order valence-electron chi connectivity index (χ0n) is 10.4. The van der Waals surface area contributed by atoms with E-state index >= 15 is 0 Å². The van der Waals surface area contributed by atoms with Crippen LogP contribution >= 0.6 is 0 Å². The molecule has 1 rings (SSSR count). The highest BCUT2D eigenvalue weighted by atomic mass is 16.5. The average molecular weight is 245 g/mol. The van der Waals surface area contributed by atoms with Crippen molar-refractivity contribution >= 4 is 11.9 Å². The molecule has 98 valence electrons. The third kappa shape index (κ3) is 3.41. The van der Waals surface area contributed by atoms with Gasteiger partial charge in [0.25, 0.3) is 0 Å². The summed E-state index contributed by atoms with van der Waals surface area (Å²) >= 11 is 0. The SMILES string of the molecule is COC(=O)CC(C)N1CC(O)CC1C(=O)OC. The van der Waals surface area contributed by atoms with Crippen LogP contribution in [-0.2, 0) is 19.1 Å². The molecule has 1 aliphatic heterocycles. The number of likely N-dealkylation sites (tertiary alicyclic amines) is 1. The van der Waals surface area contributed by atoms with Gasteiger partial charge in [-0.1, -0.05) is 0 Å². The fourth-order valence-corrected chi connectivity index (χ4v) is 2.13. The summed E-state index contributed by atoms with van der Waals surface area (Å²) in [7, 11) is 2.64. The fourth-order valence-electron chi connectivity index (χ4n) is 2.13. The summed E-state index contributed by atoms with van der Waals surface area (Å²) in [6.45, 7) is 2.20. The van der Waals surface area contributed by atoms with Crippen molar-refractivity contribution in [1.29, 1.82) is 0 Å². The summed E-state index contributed by atoms with van der Waals surface area (Å²) in [5, 5.41) is 9.59. The molecular weight excluding hydrogens is 226 g/mol. The topological polar surface area (TPSA) is 76.1 Å². The molecule has 3 atom stereocenters. The number of methoxy groups -OCH3 is 2. The lowest BCUT2D eigenvalue weighted by Crippen LogP contribution is -2.43. The summed E-state index contributed by atoms with van der Waals surface area (Å²) in [4.78, 5) is 24.5. The minimum atomic E-state index is -0.556. The van der Waals surface area contributed by atoms with E-state index in [0.717, 1.165) is 0 Å². The molecule has 3 unspecified atom stereocenters. The number of rotatable bonds is 4. The van der Waals surface area contributed by atoms with E-state index in [4.69, 9.17) is 0 Å². The van der Waals surface area contributed by atoms with Crippen molar-refractivity contribution in [2.45, 2.75) is 38.0 Å². The van der Waals surface area contributed by atoms with Gasteiger partial charge in [0.1, 0.15) is 6.04 Å². The maximum atomic E-state index is 11.5. The van der Waals surface area contributed by atoms with E-state index < -0.39 is 12.1 Å². The number of esters is 2. The summed E-state index contributed by atoms with van der Waals surface area (Å²) in [6.07, 6.45) is -0.0197. The van der Waals surface area contributed by atoms with Gasteiger partial charge in [0.2, 0.25) is 0 Å². The Hall–Kier alpha value is -1.14. The third-order valence-electron chi connectivity index (χ3n) is 3.05. The van der Waals surface area contributed by atoms with Crippen LogP contribution in [0.1, 0.15) is 19.8 Å². The molecule has 0 aromatic heterocycles. The van der Waals surface area contributed by atoms with Crippen molar-refractivity contribution in [3.63, 3.8) is 0 Å². The number of aliphatic hydroxyl groups excluding tert-OH is 1. The van der Waals surface area contributed by atoms with Crippen LogP contribution in [0.4, 0.5) is 0 Å². The summed E-state index contributed by atoms with van der Waals surface area (Å²) in [5.74, 6) is -0.708. The highest BCUT2D eigenvalue weighted by Crippen LogP contribution is 2.23. The number of hydrogen-bond acceptors (Lipinski definition) is 6. The molecule has 1 N–H and O–H groups in total. The first-order valence-corrected chi connectivity index (χ1v) is 5.58. The smallest absolute Gasteiger partial charge is 0.323 e. The maximum Gasteiger partial charge on any atom is 0.323 e.